The number of methoxy groups -OCH3 is 2. The van der Waals surface area contributed by atoms with E-state index >= 15 is 0 Å². The topological polar surface area (TPSA) is 111 Å². The molecule has 5 rings (SSSR count). The summed E-state index contributed by atoms with van der Waals surface area (Å²) in [4.78, 5) is 28.1. The number of hydrogen-bond donors (Lipinski definition) is 2. The molecule has 2 atom stereocenters. The quantitative estimate of drug-likeness (QED) is 0.390. The standard InChI is InChI=1S/C27H28Cl2N6O4/c1-5-21(36)32-17-8-9-39-13-18(17)33-27-30-11-15-12-35(26-16(24(15)34-27)7-6-14(2)31-26)25-22(28)19(37-3)10-20(38-4)23(25)29/h5-7,10-11,17-18H,1,8-9,12-13H2,2-4H3,(H,32,36)(H,30,33,34). The number of carbonyl (C=O) groups is 1. The molecule has 0 saturated carbocycles. The summed E-state index contributed by atoms with van der Waals surface area (Å²) in [6.07, 6.45) is 3.69. The van der Waals surface area contributed by atoms with Crippen LogP contribution in [0.25, 0.3) is 11.3 Å². The van der Waals surface area contributed by atoms with Crippen molar-refractivity contribution in [2.75, 3.05) is 37.7 Å². The molecule has 1 saturated heterocycles. The third-order valence-electron chi connectivity index (χ3n) is 6.72. The van der Waals surface area contributed by atoms with Crippen molar-refractivity contribution in [1.82, 2.24) is 20.3 Å². The second-order valence-electron chi connectivity index (χ2n) is 9.17. The summed E-state index contributed by atoms with van der Waals surface area (Å²) in [5, 5.41) is 6.97. The molecule has 4 heterocycles. The number of fused-ring (bicyclic) bond motifs is 3. The molecule has 2 aromatic heterocycles. The zero-order chi connectivity index (χ0) is 27.7. The maximum atomic E-state index is 11.9. The smallest absolute Gasteiger partial charge is 0.243 e. The van der Waals surface area contributed by atoms with Crippen LogP contribution in [0.15, 0.2) is 37.1 Å². The Balaban J connectivity index is 1.54. The van der Waals surface area contributed by atoms with Crippen molar-refractivity contribution >= 4 is 46.6 Å². The van der Waals surface area contributed by atoms with E-state index in [4.69, 9.17) is 47.4 Å². The highest BCUT2D eigenvalue weighted by Crippen LogP contribution is 2.51. The van der Waals surface area contributed by atoms with Gasteiger partial charge in [-0.15, -0.1) is 0 Å². The van der Waals surface area contributed by atoms with Gasteiger partial charge in [-0.2, -0.15) is 0 Å². The molecule has 0 spiro atoms. The molecule has 1 aromatic carbocycles. The highest BCUT2D eigenvalue weighted by atomic mass is 35.5. The van der Waals surface area contributed by atoms with Crippen molar-refractivity contribution < 1.29 is 19.0 Å². The summed E-state index contributed by atoms with van der Waals surface area (Å²) >= 11 is 13.6. The fourth-order valence-corrected chi connectivity index (χ4v) is 5.46. The molecular formula is C27H28Cl2N6O4. The normalized spacial score (nSPS) is 18.0. The van der Waals surface area contributed by atoms with E-state index in [-0.39, 0.29) is 18.0 Å². The van der Waals surface area contributed by atoms with Crippen molar-refractivity contribution in [2.45, 2.75) is 32.0 Å². The maximum absolute atomic E-state index is 11.9. The van der Waals surface area contributed by atoms with Gasteiger partial charge < -0.3 is 29.7 Å². The number of hydrogen-bond acceptors (Lipinski definition) is 9. The van der Waals surface area contributed by atoms with Gasteiger partial charge in [0.2, 0.25) is 11.9 Å². The van der Waals surface area contributed by atoms with Gasteiger partial charge in [-0.1, -0.05) is 29.8 Å². The lowest BCUT2D eigenvalue weighted by molar-refractivity contribution is -0.117. The Morgan fingerprint density at radius 1 is 1.18 bits per heavy atom. The van der Waals surface area contributed by atoms with E-state index in [2.05, 4.69) is 22.2 Å². The summed E-state index contributed by atoms with van der Waals surface area (Å²) in [6.45, 7) is 6.77. The monoisotopic (exact) mass is 570 g/mol. The van der Waals surface area contributed by atoms with E-state index in [9.17, 15) is 4.79 Å². The highest BCUT2D eigenvalue weighted by Gasteiger charge is 2.32. The number of aromatic nitrogens is 3. The molecule has 0 bridgehead atoms. The average Bonchev–Trinajstić information content (AvgIpc) is 2.94. The molecule has 39 heavy (non-hydrogen) atoms. The van der Waals surface area contributed by atoms with Crippen molar-refractivity contribution in [1.29, 1.82) is 0 Å². The molecule has 3 aromatic rings. The molecule has 12 heteroatoms. The molecule has 0 aliphatic carbocycles. The van der Waals surface area contributed by atoms with Gasteiger partial charge in [-0.05, 0) is 31.6 Å². The van der Waals surface area contributed by atoms with Crippen LogP contribution in [0.5, 0.6) is 11.5 Å². The third-order valence-corrected chi connectivity index (χ3v) is 7.45. The van der Waals surface area contributed by atoms with Crippen LogP contribution < -0.4 is 25.0 Å². The van der Waals surface area contributed by atoms with Crippen molar-refractivity contribution in [3.05, 3.63) is 58.4 Å². The van der Waals surface area contributed by atoms with E-state index in [0.717, 1.165) is 22.5 Å². The van der Waals surface area contributed by atoms with E-state index in [1.165, 1.54) is 20.3 Å². The first-order valence-electron chi connectivity index (χ1n) is 12.3. The number of pyridine rings is 1. The highest BCUT2D eigenvalue weighted by molar-refractivity contribution is 6.41. The first-order chi connectivity index (χ1) is 18.8. The fraction of sp³-hybridized carbons (Fsp3) is 0.333. The molecule has 1 amide bonds. The minimum Gasteiger partial charge on any atom is -0.495 e. The number of ether oxygens (including phenoxy) is 3. The number of nitrogens with one attached hydrogen (secondary N) is 2. The Bertz CT molecular complexity index is 1410. The van der Waals surface area contributed by atoms with Crippen LogP contribution in [0.3, 0.4) is 0 Å². The summed E-state index contributed by atoms with van der Waals surface area (Å²) in [5.41, 5.74) is 3.71. The number of amides is 1. The lowest BCUT2D eigenvalue weighted by Gasteiger charge is -2.34. The molecule has 2 aliphatic rings. The number of anilines is 3. The van der Waals surface area contributed by atoms with Gasteiger partial charge in [0.05, 0.1) is 50.8 Å². The van der Waals surface area contributed by atoms with E-state index in [0.29, 0.717) is 65.2 Å². The van der Waals surface area contributed by atoms with Crippen molar-refractivity contribution in [3.63, 3.8) is 0 Å². The molecule has 2 N–H and O–H groups in total. The zero-order valence-electron chi connectivity index (χ0n) is 21.8. The third kappa shape index (κ3) is 5.19. The van der Waals surface area contributed by atoms with E-state index < -0.39 is 0 Å². The first kappa shape index (κ1) is 27.0. The molecular weight excluding hydrogens is 543 g/mol. The predicted octanol–water partition coefficient (Wildman–Crippen LogP) is 4.69. The largest absolute Gasteiger partial charge is 0.495 e. The maximum Gasteiger partial charge on any atom is 0.243 e. The summed E-state index contributed by atoms with van der Waals surface area (Å²) < 4.78 is 16.6. The molecule has 0 radical (unpaired) electrons. The van der Waals surface area contributed by atoms with Gasteiger partial charge in [0.25, 0.3) is 0 Å². The minimum atomic E-state index is -0.234. The van der Waals surface area contributed by atoms with Crippen LogP contribution in [0.1, 0.15) is 17.7 Å². The van der Waals surface area contributed by atoms with Gasteiger partial charge in [0.15, 0.2) is 0 Å². The Morgan fingerprint density at radius 3 is 2.62 bits per heavy atom. The second kappa shape index (κ2) is 11.3. The van der Waals surface area contributed by atoms with Crippen molar-refractivity contribution in [2.24, 2.45) is 0 Å². The van der Waals surface area contributed by atoms with Gasteiger partial charge >= 0.3 is 0 Å². The van der Waals surface area contributed by atoms with Gasteiger partial charge in [-0.3, -0.25) is 4.79 Å². The van der Waals surface area contributed by atoms with Crippen LogP contribution in [-0.2, 0) is 16.1 Å². The van der Waals surface area contributed by atoms with Crippen LogP contribution in [0.4, 0.5) is 17.5 Å². The number of nitrogens with zero attached hydrogens (tertiary/aromatic N) is 4. The van der Waals surface area contributed by atoms with Crippen LogP contribution in [-0.4, -0.2) is 60.4 Å². The number of benzene rings is 1. The minimum absolute atomic E-state index is 0.150. The Kier molecular flexibility index (Phi) is 7.79. The second-order valence-corrected chi connectivity index (χ2v) is 9.92. The fourth-order valence-electron chi connectivity index (χ4n) is 4.76. The summed E-state index contributed by atoms with van der Waals surface area (Å²) in [7, 11) is 3.07. The number of rotatable bonds is 7. The Labute approximate surface area is 236 Å². The van der Waals surface area contributed by atoms with E-state index in [1.54, 1.807) is 12.3 Å². The molecule has 204 valence electrons. The Morgan fingerprint density at radius 2 is 1.92 bits per heavy atom. The molecule has 2 aliphatic heterocycles. The summed E-state index contributed by atoms with van der Waals surface area (Å²) in [6, 6.07) is 5.18. The van der Waals surface area contributed by atoms with Crippen LogP contribution in [0.2, 0.25) is 10.0 Å². The lowest BCUT2D eigenvalue weighted by atomic mass is 10.0. The van der Waals surface area contributed by atoms with Gasteiger partial charge in [0, 0.05) is 35.7 Å². The number of carbonyl (C=O) groups excluding carboxylic acids is 1. The van der Waals surface area contributed by atoms with E-state index in [1.807, 2.05) is 24.0 Å². The molecule has 2 unspecified atom stereocenters. The van der Waals surface area contributed by atoms with Gasteiger partial charge in [-0.25, -0.2) is 15.0 Å². The SMILES string of the molecule is C=CC(=O)NC1CCOCC1Nc1ncc2c(n1)-c1ccc(C)nc1N(c1c(Cl)c(OC)cc(OC)c1Cl)C2. The predicted molar refractivity (Wildman–Crippen MR) is 150 cm³/mol. The summed E-state index contributed by atoms with van der Waals surface area (Å²) in [5.74, 6) is 1.68. The van der Waals surface area contributed by atoms with Crippen LogP contribution in [0, 0.1) is 6.92 Å². The first-order valence-corrected chi connectivity index (χ1v) is 13.1. The zero-order valence-corrected chi connectivity index (χ0v) is 23.3. The Hall–Kier alpha value is -3.60. The molecule has 1 fully saturated rings. The molecule has 10 nitrogen and oxygen atoms in total. The average molecular weight is 571 g/mol. The number of halogens is 2. The van der Waals surface area contributed by atoms with Crippen LogP contribution >= 0.6 is 23.2 Å². The van der Waals surface area contributed by atoms with Crippen molar-refractivity contribution in [3.8, 4) is 22.8 Å². The lowest BCUT2D eigenvalue weighted by Crippen LogP contribution is -2.52. The number of aryl methyl sites for hydroxylation is 1. The van der Waals surface area contributed by atoms with Gasteiger partial charge in [0.1, 0.15) is 27.4 Å².